The second-order valence-corrected chi connectivity index (χ2v) is 6.17. The van der Waals surface area contributed by atoms with Crippen LogP contribution < -0.4 is 10.5 Å². The van der Waals surface area contributed by atoms with Crippen LogP contribution in [0.2, 0.25) is 0 Å². The van der Waals surface area contributed by atoms with E-state index in [1.165, 1.54) is 16.8 Å². The Bertz CT molecular complexity index is 748. The van der Waals surface area contributed by atoms with E-state index < -0.39 is 15.8 Å². The fourth-order valence-electron chi connectivity index (χ4n) is 1.95. The molecule has 1 aromatic carbocycles. The average Bonchev–Trinajstić information content (AvgIpc) is 2.50. The SMILES string of the molecule is Cc1cc(F)cc(NS(=O)(=O)c2c(N)nn(C)c2C)c1. The second kappa shape index (κ2) is 4.78. The average molecular weight is 298 g/mol. The van der Waals surface area contributed by atoms with Gasteiger partial charge in [-0.2, -0.15) is 5.10 Å². The third-order valence-electron chi connectivity index (χ3n) is 2.87. The van der Waals surface area contributed by atoms with Gasteiger partial charge in [-0.3, -0.25) is 9.40 Å². The van der Waals surface area contributed by atoms with Gasteiger partial charge in [0.2, 0.25) is 0 Å². The Morgan fingerprint density at radius 3 is 2.45 bits per heavy atom. The van der Waals surface area contributed by atoms with E-state index in [2.05, 4.69) is 9.82 Å². The number of nitrogens with one attached hydrogen (secondary N) is 1. The number of anilines is 2. The molecule has 1 heterocycles. The number of hydrogen-bond acceptors (Lipinski definition) is 4. The fraction of sp³-hybridized carbons (Fsp3) is 0.250. The zero-order valence-corrected chi connectivity index (χ0v) is 12.1. The first kappa shape index (κ1) is 14.3. The van der Waals surface area contributed by atoms with E-state index in [1.54, 1.807) is 20.9 Å². The normalized spacial score (nSPS) is 11.6. The number of nitrogen functional groups attached to an aromatic ring is 1. The molecule has 2 rings (SSSR count). The van der Waals surface area contributed by atoms with Gasteiger partial charge in [-0.25, -0.2) is 12.8 Å². The minimum Gasteiger partial charge on any atom is -0.381 e. The fourth-order valence-corrected chi connectivity index (χ4v) is 3.32. The van der Waals surface area contributed by atoms with Gasteiger partial charge in [0.25, 0.3) is 10.0 Å². The Labute approximate surface area is 116 Å². The van der Waals surface area contributed by atoms with E-state index >= 15 is 0 Å². The molecule has 0 radical (unpaired) electrons. The van der Waals surface area contributed by atoms with Crippen LogP contribution >= 0.6 is 0 Å². The first-order chi connectivity index (χ1) is 9.20. The number of halogens is 1. The van der Waals surface area contributed by atoms with Crippen LogP contribution in [0, 0.1) is 19.7 Å². The molecule has 3 N–H and O–H groups in total. The number of nitrogens with two attached hydrogens (primary N) is 1. The lowest BCUT2D eigenvalue weighted by molar-refractivity contribution is 0.600. The number of benzene rings is 1. The molecule has 6 nitrogen and oxygen atoms in total. The van der Waals surface area contributed by atoms with E-state index in [0.717, 1.165) is 6.07 Å². The third kappa shape index (κ3) is 2.60. The standard InChI is InChI=1S/C12H15FN4O2S/c1-7-4-9(13)6-10(5-7)16-20(18,19)11-8(2)17(3)15-12(11)14/h4-6,16H,1-3H3,(H2,14,15). The number of aryl methyl sites for hydroxylation is 2. The van der Waals surface area contributed by atoms with Gasteiger partial charge in [0, 0.05) is 7.05 Å². The highest BCUT2D eigenvalue weighted by molar-refractivity contribution is 7.93. The molecule has 0 aliphatic heterocycles. The zero-order chi connectivity index (χ0) is 15.1. The van der Waals surface area contributed by atoms with Crippen LogP contribution in [0.1, 0.15) is 11.3 Å². The first-order valence-electron chi connectivity index (χ1n) is 5.80. The summed E-state index contributed by atoms with van der Waals surface area (Å²) in [5.41, 5.74) is 6.78. The topological polar surface area (TPSA) is 90.0 Å². The van der Waals surface area contributed by atoms with Gasteiger partial charge >= 0.3 is 0 Å². The summed E-state index contributed by atoms with van der Waals surface area (Å²) in [4.78, 5) is -0.0954. The molecule has 0 bridgehead atoms. The molecule has 2 aromatic rings. The van der Waals surface area contributed by atoms with Gasteiger partial charge in [-0.05, 0) is 37.6 Å². The quantitative estimate of drug-likeness (QED) is 0.899. The highest BCUT2D eigenvalue weighted by atomic mass is 32.2. The van der Waals surface area contributed by atoms with Gasteiger partial charge in [0.15, 0.2) is 10.7 Å². The van der Waals surface area contributed by atoms with Crippen molar-refractivity contribution in [2.24, 2.45) is 7.05 Å². The highest BCUT2D eigenvalue weighted by Crippen LogP contribution is 2.24. The smallest absolute Gasteiger partial charge is 0.267 e. The Balaban J connectivity index is 2.46. The predicted molar refractivity (Wildman–Crippen MR) is 74.3 cm³/mol. The first-order valence-corrected chi connectivity index (χ1v) is 7.28. The Hall–Kier alpha value is -2.09. The van der Waals surface area contributed by atoms with Crippen molar-refractivity contribution in [3.8, 4) is 0 Å². The van der Waals surface area contributed by atoms with Crippen molar-refractivity contribution in [3.63, 3.8) is 0 Å². The van der Waals surface area contributed by atoms with E-state index in [9.17, 15) is 12.8 Å². The number of aromatic nitrogens is 2. The van der Waals surface area contributed by atoms with Crippen LogP contribution in [0.5, 0.6) is 0 Å². The molecule has 0 atom stereocenters. The molecule has 0 saturated heterocycles. The van der Waals surface area contributed by atoms with Crippen molar-refractivity contribution in [1.29, 1.82) is 0 Å². The Kier molecular flexibility index (Phi) is 3.43. The van der Waals surface area contributed by atoms with Gasteiger partial charge in [-0.1, -0.05) is 0 Å². The lowest BCUT2D eigenvalue weighted by Gasteiger charge is -2.09. The van der Waals surface area contributed by atoms with Gasteiger partial charge in [0.1, 0.15) is 5.82 Å². The van der Waals surface area contributed by atoms with Gasteiger partial charge < -0.3 is 5.73 Å². The summed E-state index contributed by atoms with van der Waals surface area (Å²) in [5, 5.41) is 3.85. The summed E-state index contributed by atoms with van der Waals surface area (Å²) in [6.07, 6.45) is 0. The number of hydrogen-bond donors (Lipinski definition) is 2. The molecule has 0 spiro atoms. The third-order valence-corrected chi connectivity index (χ3v) is 4.41. The molecule has 0 saturated carbocycles. The largest absolute Gasteiger partial charge is 0.381 e. The van der Waals surface area contributed by atoms with Crippen molar-refractivity contribution in [1.82, 2.24) is 9.78 Å². The number of nitrogens with zero attached hydrogens (tertiary/aromatic N) is 2. The molecule has 0 unspecified atom stereocenters. The van der Waals surface area contributed by atoms with Crippen molar-refractivity contribution >= 4 is 21.5 Å². The van der Waals surface area contributed by atoms with Crippen LogP contribution in [0.15, 0.2) is 23.1 Å². The molecule has 108 valence electrons. The molecular formula is C12H15FN4O2S. The molecule has 1 aromatic heterocycles. The van der Waals surface area contributed by atoms with E-state index in [0.29, 0.717) is 11.3 Å². The van der Waals surface area contributed by atoms with E-state index in [1.807, 2.05) is 0 Å². The summed E-state index contributed by atoms with van der Waals surface area (Å²) in [5.74, 6) is -0.607. The molecule has 0 fully saturated rings. The van der Waals surface area contributed by atoms with E-state index in [4.69, 9.17) is 5.73 Å². The number of rotatable bonds is 3. The Morgan fingerprint density at radius 2 is 1.95 bits per heavy atom. The molecule has 8 heteroatoms. The Morgan fingerprint density at radius 1 is 1.30 bits per heavy atom. The maximum Gasteiger partial charge on any atom is 0.267 e. The maximum atomic E-state index is 13.3. The summed E-state index contributed by atoms with van der Waals surface area (Å²) in [7, 11) is -2.32. The van der Waals surface area contributed by atoms with Crippen LogP contribution in [-0.4, -0.2) is 18.2 Å². The van der Waals surface area contributed by atoms with Gasteiger partial charge in [0.05, 0.1) is 11.4 Å². The van der Waals surface area contributed by atoms with Crippen molar-refractivity contribution < 1.29 is 12.8 Å². The van der Waals surface area contributed by atoms with Gasteiger partial charge in [-0.15, -0.1) is 0 Å². The molecule has 0 aliphatic rings. The zero-order valence-electron chi connectivity index (χ0n) is 11.3. The van der Waals surface area contributed by atoms with Crippen molar-refractivity contribution in [2.45, 2.75) is 18.7 Å². The molecule has 0 amide bonds. The molecule has 20 heavy (non-hydrogen) atoms. The minimum atomic E-state index is -3.91. The van der Waals surface area contributed by atoms with E-state index in [-0.39, 0.29) is 16.4 Å². The summed E-state index contributed by atoms with van der Waals surface area (Å²) < 4.78 is 41.6. The monoisotopic (exact) mass is 298 g/mol. The minimum absolute atomic E-state index is 0.0920. The van der Waals surface area contributed by atoms with Crippen LogP contribution in [0.3, 0.4) is 0 Å². The van der Waals surface area contributed by atoms with Crippen LogP contribution in [-0.2, 0) is 17.1 Å². The van der Waals surface area contributed by atoms with Crippen LogP contribution in [0.4, 0.5) is 15.9 Å². The summed E-state index contributed by atoms with van der Waals surface area (Å²) in [6.45, 7) is 3.26. The number of sulfonamides is 1. The van der Waals surface area contributed by atoms with Crippen LogP contribution in [0.25, 0.3) is 0 Å². The van der Waals surface area contributed by atoms with Crippen molar-refractivity contribution in [2.75, 3.05) is 10.5 Å². The lowest BCUT2D eigenvalue weighted by atomic mass is 10.2. The summed E-state index contributed by atoms with van der Waals surface area (Å²) in [6, 6.07) is 3.94. The maximum absolute atomic E-state index is 13.3. The summed E-state index contributed by atoms with van der Waals surface area (Å²) >= 11 is 0. The second-order valence-electron chi connectivity index (χ2n) is 4.55. The predicted octanol–water partition coefficient (Wildman–Crippen LogP) is 1.56. The lowest BCUT2D eigenvalue weighted by Crippen LogP contribution is -2.15. The molecule has 0 aliphatic carbocycles. The molecular weight excluding hydrogens is 283 g/mol. The van der Waals surface area contributed by atoms with Crippen molar-refractivity contribution in [3.05, 3.63) is 35.3 Å². The highest BCUT2D eigenvalue weighted by Gasteiger charge is 2.24.